The van der Waals surface area contributed by atoms with Gasteiger partial charge in [-0.15, -0.1) is 0 Å². The van der Waals surface area contributed by atoms with E-state index in [1.807, 2.05) is 0 Å². The van der Waals surface area contributed by atoms with Gasteiger partial charge in [-0.25, -0.2) is 0 Å². The van der Waals surface area contributed by atoms with Crippen molar-refractivity contribution in [2.24, 2.45) is 11.8 Å². The maximum Gasteiger partial charge on any atom is 0.0473 e. The fraction of sp³-hybridized carbons (Fsp3) is 0.684. The van der Waals surface area contributed by atoms with E-state index in [2.05, 4.69) is 61.3 Å². The van der Waals surface area contributed by atoms with E-state index in [-0.39, 0.29) is 0 Å². The van der Waals surface area contributed by atoms with Gasteiger partial charge in [-0.2, -0.15) is 0 Å². The summed E-state index contributed by atoms with van der Waals surface area (Å²) in [6.07, 6.45) is 4.12. The van der Waals surface area contributed by atoms with E-state index >= 15 is 0 Å². The zero-order valence-electron chi connectivity index (χ0n) is 13.8. The van der Waals surface area contributed by atoms with Crippen molar-refractivity contribution in [3.05, 3.63) is 35.9 Å². The molecule has 0 spiro atoms. The van der Waals surface area contributed by atoms with Gasteiger partial charge >= 0.3 is 0 Å². The number of hydrogen-bond acceptors (Lipinski definition) is 2. The largest absolute Gasteiger partial charge is 0.308 e. The molecular weight excluding hydrogens is 256 g/mol. The third-order valence-electron chi connectivity index (χ3n) is 5.33. The van der Waals surface area contributed by atoms with E-state index < -0.39 is 0 Å². The van der Waals surface area contributed by atoms with Gasteiger partial charge in [0.1, 0.15) is 0 Å². The first-order valence-corrected chi connectivity index (χ1v) is 8.62. The predicted molar refractivity (Wildman–Crippen MR) is 89.3 cm³/mol. The zero-order valence-corrected chi connectivity index (χ0v) is 13.8. The van der Waals surface area contributed by atoms with Crippen LogP contribution in [-0.4, -0.2) is 30.1 Å². The van der Waals surface area contributed by atoms with Crippen molar-refractivity contribution in [3.63, 3.8) is 0 Å². The molecule has 116 valence electrons. The summed E-state index contributed by atoms with van der Waals surface area (Å²) in [5, 5.41) is 3.88. The molecule has 3 rings (SSSR count). The summed E-state index contributed by atoms with van der Waals surface area (Å²) >= 11 is 0. The number of nitrogens with one attached hydrogen (secondary N) is 1. The highest BCUT2D eigenvalue weighted by Gasteiger charge is 2.46. The Morgan fingerprint density at radius 2 is 1.95 bits per heavy atom. The smallest absolute Gasteiger partial charge is 0.0473 e. The summed E-state index contributed by atoms with van der Waals surface area (Å²) < 4.78 is 0. The van der Waals surface area contributed by atoms with E-state index in [9.17, 15) is 0 Å². The Bertz CT molecular complexity index is 452. The lowest BCUT2D eigenvalue weighted by atomic mass is 9.88. The van der Waals surface area contributed by atoms with Crippen LogP contribution in [0.5, 0.6) is 0 Å². The number of piperazine rings is 1. The Hall–Kier alpha value is -0.860. The Morgan fingerprint density at radius 3 is 2.57 bits per heavy atom. The van der Waals surface area contributed by atoms with Crippen molar-refractivity contribution in [2.45, 2.75) is 51.6 Å². The van der Waals surface area contributed by atoms with Crippen LogP contribution in [0.25, 0.3) is 0 Å². The third kappa shape index (κ3) is 3.49. The summed E-state index contributed by atoms with van der Waals surface area (Å²) in [5.41, 5.74) is 1.80. The highest BCUT2D eigenvalue weighted by molar-refractivity contribution is 5.21. The van der Waals surface area contributed by atoms with Gasteiger partial charge in [-0.3, -0.25) is 4.90 Å². The van der Waals surface area contributed by atoms with Gasteiger partial charge < -0.3 is 5.32 Å². The molecule has 0 aromatic heterocycles. The topological polar surface area (TPSA) is 15.3 Å². The van der Waals surface area contributed by atoms with Crippen LogP contribution in [0.4, 0.5) is 0 Å². The first-order chi connectivity index (χ1) is 10.1. The molecule has 2 heteroatoms. The summed E-state index contributed by atoms with van der Waals surface area (Å²) in [5.74, 6) is 1.68. The predicted octanol–water partition coefficient (Wildman–Crippen LogP) is 3.85. The molecule has 21 heavy (non-hydrogen) atoms. The maximum absolute atomic E-state index is 3.88. The van der Waals surface area contributed by atoms with E-state index in [1.54, 1.807) is 0 Å². The lowest BCUT2D eigenvalue weighted by Crippen LogP contribution is -2.61. The number of rotatable bonds is 5. The molecule has 0 radical (unpaired) electrons. The van der Waals surface area contributed by atoms with Crippen LogP contribution in [0.15, 0.2) is 30.3 Å². The van der Waals surface area contributed by atoms with Crippen LogP contribution < -0.4 is 5.32 Å². The molecule has 1 aromatic rings. The summed E-state index contributed by atoms with van der Waals surface area (Å²) in [6, 6.07) is 11.6. The van der Waals surface area contributed by atoms with E-state index in [0.717, 1.165) is 18.4 Å². The fourth-order valence-electron chi connectivity index (χ4n) is 3.70. The van der Waals surface area contributed by atoms with E-state index in [4.69, 9.17) is 0 Å². The summed E-state index contributed by atoms with van der Waals surface area (Å²) in [4.78, 5) is 2.74. The SMILES string of the molecule is CC(C)CCN1CC(C)(C2CC2)NCC1c1ccccc1. The van der Waals surface area contributed by atoms with Gasteiger partial charge in [0.2, 0.25) is 0 Å². The molecule has 2 nitrogen and oxygen atoms in total. The molecule has 1 saturated carbocycles. The van der Waals surface area contributed by atoms with E-state index in [1.165, 1.54) is 37.9 Å². The number of benzene rings is 1. The molecule has 1 aromatic carbocycles. The summed E-state index contributed by atoms with van der Waals surface area (Å²) in [6.45, 7) is 10.6. The zero-order chi connectivity index (χ0) is 14.9. The Balaban J connectivity index is 1.75. The van der Waals surface area contributed by atoms with Crippen molar-refractivity contribution in [2.75, 3.05) is 19.6 Å². The molecule has 2 aliphatic rings. The number of hydrogen-bond donors (Lipinski definition) is 1. The van der Waals surface area contributed by atoms with Crippen molar-refractivity contribution in [1.82, 2.24) is 10.2 Å². The van der Waals surface area contributed by atoms with Crippen LogP contribution in [0, 0.1) is 11.8 Å². The molecule has 1 aliphatic heterocycles. The normalized spacial score (nSPS) is 30.8. The second-order valence-electron chi connectivity index (χ2n) is 7.65. The quantitative estimate of drug-likeness (QED) is 0.884. The third-order valence-corrected chi connectivity index (χ3v) is 5.33. The average Bonchev–Trinajstić information content (AvgIpc) is 3.31. The minimum atomic E-state index is 0.336. The lowest BCUT2D eigenvalue weighted by Gasteiger charge is -2.47. The van der Waals surface area contributed by atoms with Crippen LogP contribution in [0.3, 0.4) is 0 Å². The first-order valence-electron chi connectivity index (χ1n) is 8.62. The van der Waals surface area contributed by atoms with Gasteiger partial charge in [-0.1, -0.05) is 44.2 Å². The van der Waals surface area contributed by atoms with Gasteiger partial charge in [-0.05, 0) is 50.1 Å². The highest BCUT2D eigenvalue weighted by Crippen LogP contribution is 2.43. The highest BCUT2D eigenvalue weighted by atomic mass is 15.3. The maximum atomic E-state index is 3.88. The molecular formula is C19H30N2. The van der Waals surface area contributed by atoms with Crippen molar-refractivity contribution < 1.29 is 0 Å². The average molecular weight is 286 g/mol. The minimum Gasteiger partial charge on any atom is -0.308 e. The lowest BCUT2D eigenvalue weighted by molar-refractivity contribution is 0.0706. The van der Waals surface area contributed by atoms with Gasteiger partial charge in [0, 0.05) is 24.7 Å². The van der Waals surface area contributed by atoms with E-state index in [0.29, 0.717) is 11.6 Å². The summed E-state index contributed by atoms with van der Waals surface area (Å²) in [7, 11) is 0. The van der Waals surface area contributed by atoms with Crippen LogP contribution >= 0.6 is 0 Å². The second kappa shape index (κ2) is 6.10. The second-order valence-corrected chi connectivity index (χ2v) is 7.65. The minimum absolute atomic E-state index is 0.336. The molecule has 0 bridgehead atoms. The molecule has 1 N–H and O–H groups in total. The van der Waals surface area contributed by atoms with Crippen molar-refractivity contribution >= 4 is 0 Å². The number of nitrogens with zero attached hydrogens (tertiary/aromatic N) is 1. The Labute approximate surface area is 129 Å². The van der Waals surface area contributed by atoms with Gasteiger partial charge in [0.15, 0.2) is 0 Å². The molecule has 1 aliphatic carbocycles. The molecule has 2 fully saturated rings. The fourth-order valence-corrected chi connectivity index (χ4v) is 3.70. The standard InChI is InChI=1S/C19H30N2/c1-15(2)11-12-21-14-19(3,17-9-10-17)20-13-18(21)16-7-5-4-6-8-16/h4-8,15,17-18,20H,9-14H2,1-3H3. The Morgan fingerprint density at radius 1 is 1.24 bits per heavy atom. The van der Waals surface area contributed by atoms with Crippen LogP contribution in [0.1, 0.15) is 51.6 Å². The molecule has 0 amide bonds. The van der Waals surface area contributed by atoms with Crippen molar-refractivity contribution in [3.8, 4) is 0 Å². The molecule has 2 unspecified atom stereocenters. The van der Waals surface area contributed by atoms with Crippen LogP contribution in [0.2, 0.25) is 0 Å². The van der Waals surface area contributed by atoms with Gasteiger partial charge in [0.05, 0.1) is 0 Å². The Kier molecular flexibility index (Phi) is 4.37. The van der Waals surface area contributed by atoms with Crippen LogP contribution in [-0.2, 0) is 0 Å². The first kappa shape index (κ1) is 15.1. The monoisotopic (exact) mass is 286 g/mol. The molecule has 1 saturated heterocycles. The van der Waals surface area contributed by atoms with Gasteiger partial charge in [0.25, 0.3) is 0 Å². The van der Waals surface area contributed by atoms with Crippen molar-refractivity contribution in [1.29, 1.82) is 0 Å². The molecule has 1 heterocycles. The molecule has 2 atom stereocenters.